The first-order valence-electron chi connectivity index (χ1n) is 8.18. The number of halogens is 1. The maximum atomic E-state index is 12.5. The molecule has 26 heavy (non-hydrogen) atoms. The van der Waals surface area contributed by atoms with Gasteiger partial charge in [-0.15, -0.1) is 0 Å². The van der Waals surface area contributed by atoms with Crippen LogP contribution in [0.4, 0.5) is 11.6 Å². The van der Waals surface area contributed by atoms with Crippen LogP contribution in [0.25, 0.3) is 0 Å². The summed E-state index contributed by atoms with van der Waals surface area (Å²) in [6, 6.07) is 15.4. The molecule has 1 heterocycles. The van der Waals surface area contributed by atoms with Crippen molar-refractivity contribution in [3.63, 3.8) is 0 Å². The van der Waals surface area contributed by atoms with Gasteiger partial charge in [0.15, 0.2) is 0 Å². The molecule has 0 spiro atoms. The Morgan fingerprint density at radius 1 is 1.08 bits per heavy atom. The van der Waals surface area contributed by atoms with Crippen LogP contribution < -0.4 is 5.32 Å². The summed E-state index contributed by atoms with van der Waals surface area (Å²) in [4.78, 5) is 22.7. The molecule has 0 fully saturated rings. The average molecular weight is 367 g/mol. The van der Waals surface area contributed by atoms with Crippen molar-refractivity contribution in [2.24, 2.45) is 0 Å². The van der Waals surface area contributed by atoms with Gasteiger partial charge in [0.1, 0.15) is 0 Å². The van der Waals surface area contributed by atoms with E-state index >= 15 is 0 Å². The first kappa shape index (κ1) is 17.9. The van der Waals surface area contributed by atoms with Crippen molar-refractivity contribution in [1.82, 2.24) is 14.9 Å². The smallest absolute Gasteiger partial charge is 0.257 e. The van der Waals surface area contributed by atoms with Crippen LogP contribution >= 0.6 is 11.6 Å². The molecular formula is C20H19ClN4O. The molecule has 0 aliphatic heterocycles. The summed E-state index contributed by atoms with van der Waals surface area (Å²) in [5.74, 6) is 0.289. The minimum absolute atomic E-state index is 0.126. The lowest BCUT2D eigenvalue weighted by atomic mass is 10.2. The number of aromatic nitrogens is 2. The van der Waals surface area contributed by atoms with Gasteiger partial charge in [-0.1, -0.05) is 48.0 Å². The molecule has 1 aromatic heterocycles. The second-order valence-electron chi connectivity index (χ2n) is 5.98. The van der Waals surface area contributed by atoms with Gasteiger partial charge in [0.05, 0.1) is 5.56 Å². The van der Waals surface area contributed by atoms with E-state index in [-0.39, 0.29) is 5.91 Å². The van der Waals surface area contributed by atoms with Crippen molar-refractivity contribution in [2.45, 2.75) is 13.5 Å². The number of rotatable bonds is 5. The Morgan fingerprint density at radius 3 is 2.46 bits per heavy atom. The fourth-order valence-corrected chi connectivity index (χ4v) is 2.69. The van der Waals surface area contributed by atoms with Crippen LogP contribution in [-0.2, 0) is 6.54 Å². The second-order valence-corrected chi connectivity index (χ2v) is 6.39. The highest BCUT2D eigenvalue weighted by Gasteiger charge is 2.13. The predicted octanol–water partition coefficient (Wildman–Crippen LogP) is 4.45. The number of nitrogens with one attached hydrogen (secondary N) is 1. The summed E-state index contributed by atoms with van der Waals surface area (Å²) >= 11 is 6.12. The minimum atomic E-state index is -0.126. The van der Waals surface area contributed by atoms with E-state index in [1.54, 1.807) is 11.9 Å². The number of nitrogens with zero attached hydrogens (tertiary/aromatic N) is 3. The van der Waals surface area contributed by atoms with E-state index in [1.165, 1.54) is 12.4 Å². The Morgan fingerprint density at radius 2 is 1.77 bits per heavy atom. The zero-order valence-electron chi connectivity index (χ0n) is 14.6. The Balaban J connectivity index is 1.68. The van der Waals surface area contributed by atoms with Crippen LogP contribution in [0.2, 0.25) is 5.02 Å². The third-order valence-corrected chi connectivity index (χ3v) is 4.43. The van der Waals surface area contributed by atoms with Crippen molar-refractivity contribution >= 4 is 29.1 Å². The van der Waals surface area contributed by atoms with Gasteiger partial charge in [-0.05, 0) is 30.2 Å². The van der Waals surface area contributed by atoms with Crippen LogP contribution in [0.3, 0.4) is 0 Å². The third-order valence-electron chi connectivity index (χ3n) is 4.02. The minimum Gasteiger partial charge on any atom is -0.337 e. The largest absolute Gasteiger partial charge is 0.337 e. The van der Waals surface area contributed by atoms with Gasteiger partial charge < -0.3 is 10.2 Å². The van der Waals surface area contributed by atoms with Crippen molar-refractivity contribution in [2.75, 3.05) is 12.4 Å². The molecule has 0 saturated heterocycles. The molecule has 0 aliphatic carbocycles. The Labute approximate surface area is 157 Å². The molecule has 0 bridgehead atoms. The van der Waals surface area contributed by atoms with Crippen molar-refractivity contribution in [3.8, 4) is 0 Å². The highest BCUT2D eigenvalue weighted by molar-refractivity contribution is 6.31. The second kappa shape index (κ2) is 7.97. The van der Waals surface area contributed by atoms with Crippen LogP contribution in [0.1, 0.15) is 21.5 Å². The lowest BCUT2D eigenvalue weighted by molar-refractivity contribution is 0.0784. The van der Waals surface area contributed by atoms with Gasteiger partial charge in [0.25, 0.3) is 5.91 Å². The quantitative estimate of drug-likeness (QED) is 0.724. The van der Waals surface area contributed by atoms with E-state index in [1.807, 2.05) is 55.5 Å². The molecule has 5 nitrogen and oxygen atoms in total. The van der Waals surface area contributed by atoms with Gasteiger partial charge >= 0.3 is 0 Å². The lowest BCUT2D eigenvalue weighted by Crippen LogP contribution is -2.26. The maximum Gasteiger partial charge on any atom is 0.257 e. The average Bonchev–Trinajstić information content (AvgIpc) is 2.66. The molecule has 6 heteroatoms. The van der Waals surface area contributed by atoms with Gasteiger partial charge in [-0.2, -0.15) is 0 Å². The van der Waals surface area contributed by atoms with Crippen molar-refractivity contribution in [1.29, 1.82) is 0 Å². The Hall–Kier alpha value is -2.92. The molecule has 0 radical (unpaired) electrons. The molecule has 132 valence electrons. The van der Waals surface area contributed by atoms with E-state index < -0.39 is 0 Å². The number of amides is 1. The zero-order chi connectivity index (χ0) is 18.5. The fourth-order valence-electron chi connectivity index (χ4n) is 2.52. The summed E-state index contributed by atoms with van der Waals surface area (Å²) in [7, 11) is 1.76. The molecule has 3 rings (SSSR count). The number of carbonyl (C=O) groups excluding carboxylic acids is 1. The molecule has 1 N–H and O–H groups in total. The van der Waals surface area contributed by atoms with Gasteiger partial charge in [-0.3, -0.25) is 4.79 Å². The Bertz CT molecular complexity index is 897. The van der Waals surface area contributed by atoms with E-state index in [9.17, 15) is 4.79 Å². The normalized spacial score (nSPS) is 10.4. The summed E-state index contributed by atoms with van der Waals surface area (Å²) < 4.78 is 0. The van der Waals surface area contributed by atoms with E-state index in [0.29, 0.717) is 23.1 Å². The van der Waals surface area contributed by atoms with Crippen LogP contribution in [0.15, 0.2) is 60.9 Å². The number of hydrogen-bond donors (Lipinski definition) is 1. The first-order valence-corrected chi connectivity index (χ1v) is 8.56. The highest BCUT2D eigenvalue weighted by Crippen LogP contribution is 2.24. The van der Waals surface area contributed by atoms with E-state index in [0.717, 1.165) is 16.8 Å². The molecule has 0 saturated carbocycles. The van der Waals surface area contributed by atoms with Gasteiger partial charge in [0.2, 0.25) is 5.95 Å². The summed E-state index contributed by atoms with van der Waals surface area (Å²) in [5.41, 5.74) is 3.26. The summed E-state index contributed by atoms with van der Waals surface area (Å²) in [5, 5.41) is 3.79. The lowest BCUT2D eigenvalue weighted by Gasteiger charge is -2.17. The molecule has 3 aromatic rings. The SMILES string of the molecule is Cc1c(Cl)cccc1Nc1ncc(C(=O)N(C)Cc2ccccc2)cn1. The number of benzene rings is 2. The highest BCUT2D eigenvalue weighted by atomic mass is 35.5. The molecule has 0 unspecified atom stereocenters. The summed E-state index contributed by atoms with van der Waals surface area (Å²) in [6.07, 6.45) is 3.05. The van der Waals surface area contributed by atoms with Gasteiger partial charge in [0, 0.05) is 36.7 Å². The third kappa shape index (κ3) is 4.18. The standard InChI is InChI=1S/C20H19ClN4O/c1-14-17(21)9-6-10-18(14)24-20-22-11-16(12-23-20)19(26)25(2)13-15-7-4-3-5-8-15/h3-12H,13H2,1-2H3,(H,22,23,24). The van der Waals surface area contributed by atoms with Crippen LogP contribution in [0.5, 0.6) is 0 Å². The molecule has 2 aromatic carbocycles. The van der Waals surface area contributed by atoms with Crippen LogP contribution in [0, 0.1) is 6.92 Å². The summed E-state index contributed by atoms with van der Waals surface area (Å²) in [6.45, 7) is 2.45. The predicted molar refractivity (Wildman–Crippen MR) is 104 cm³/mol. The number of hydrogen-bond acceptors (Lipinski definition) is 4. The van der Waals surface area contributed by atoms with E-state index in [2.05, 4.69) is 15.3 Å². The van der Waals surface area contributed by atoms with Crippen molar-refractivity contribution in [3.05, 3.63) is 82.6 Å². The zero-order valence-corrected chi connectivity index (χ0v) is 15.4. The monoisotopic (exact) mass is 366 g/mol. The van der Waals surface area contributed by atoms with Crippen LogP contribution in [-0.4, -0.2) is 27.8 Å². The van der Waals surface area contributed by atoms with Gasteiger partial charge in [-0.25, -0.2) is 9.97 Å². The van der Waals surface area contributed by atoms with E-state index in [4.69, 9.17) is 11.6 Å². The molecular weight excluding hydrogens is 348 g/mol. The number of carbonyl (C=O) groups is 1. The molecule has 0 aliphatic rings. The Kier molecular flexibility index (Phi) is 5.49. The molecule has 0 atom stereocenters. The maximum absolute atomic E-state index is 12.5. The van der Waals surface area contributed by atoms with Crippen molar-refractivity contribution < 1.29 is 4.79 Å². The molecule has 1 amide bonds. The fraction of sp³-hybridized carbons (Fsp3) is 0.150. The first-order chi connectivity index (χ1) is 12.5. The number of anilines is 2. The topological polar surface area (TPSA) is 58.1 Å².